The molecule has 4 fully saturated rings. The summed E-state index contributed by atoms with van der Waals surface area (Å²) in [6, 6.07) is 6.26. The Morgan fingerprint density at radius 3 is 2.84 bits per heavy atom. The third kappa shape index (κ3) is 3.78. The Morgan fingerprint density at radius 1 is 1.16 bits per heavy atom. The minimum Gasteiger partial charge on any atom is -0.497 e. The van der Waals surface area contributed by atoms with Crippen LogP contribution < -0.4 is 35.9 Å². The van der Waals surface area contributed by atoms with Crippen LogP contribution in [0, 0.1) is 17.8 Å². The van der Waals surface area contributed by atoms with Gasteiger partial charge in [0, 0.05) is 30.7 Å². The fraction of sp³-hybridized carbons (Fsp3) is 0.593. The summed E-state index contributed by atoms with van der Waals surface area (Å²) >= 11 is 0. The van der Waals surface area contributed by atoms with Gasteiger partial charge in [-0.1, -0.05) is 0 Å². The molecule has 0 bridgehead atoms. The van der Waals surface area contributed by atoms with E-state index in [2.05, 4.69) is 31.4 Å². The van der Waals surface area contributed by atoms with Crippen LogP contribution in [0.4, 0.5) is 17.3 Å². The highest BCUT2D eigenvalue weighted by Gasteiger charge is 2.67. The van der Waals surface area contributed by atoms with Crippen LogP contribution >= 0.6 is 0 Å². The van der Waals surface area contributed by atoms with Crippen molar-refractivity contribution >= 4 is 23.2 Å². The number of amides is 1. The predicted molar refractivity (Wildman–Crippen MR) is 141 cm³/mol. The number of nitrogens with one attached hydrogen (secondary N) is 4. The van der Waals surface area contributed by atoms with Crippen molar-refractivity contribution in [1.29, 1.82) is 0 Å². The SMILES string of the molecule is COc1ccc2c(c1)[C@]1(C[C@H]1C1CCC3C(C1)NNC3Nc1ncc(N3CCOCC3)nc1OC)C(=O)N2. The lowest BCUT2D eigenvalue weighted by molar-refractivity contribution is -0.118. The van der Waals surface area contributed by atoms with Gasteiger partial charge in [0.1, 0.15) is 5.75 Å². The molecule has 202 valence electrons. The van der Waals surface area contributed by atoms with E-state index < -0.39 is 5.41 Å². The average molecular weight is 522 g/mol. The van der Waals surface area contributed by atoms with Gasteiger partial charge in [0.25, 0.3) is 5.88 Å². The van der Waals surface area contributed by atoms with Crippen molar-refractivity contribution in [3.8, 4) is 11.6 Å². The summed E-state index contributed by atoms with van der Waals surface area (Å²) in [5, 5.41) is 6.66. The van der Waals surface area contributed by atoms with Crippen molar-refractivity contribution in [1.82, 2.24) is 20.8 Å². The number of hydrogen-bond acceptors (Lipinski definition) is 10. The monoisotopic (exact) mass is 521 g/mol. The zero-order valence-electron chi connectivity index (χ0n) is 21.8. The van der Waals surface area contributed by atoms with Crippen molar-refractivity contribution in [3.63, 3.8) is 0 Å². The van der Waals surface area contributed by atoms with Crippen LogP contribution in [0.1, 0.15) is 31.2 Å². The van der Waals surface area contributed by atoms with E-state index in [0.717, 1.165) is 61.6 Å². The van der Waals surface area contributed by atoms with Gasteiger partial charge in [-0.25, -0.2) is 10.4 Å². The highest BCUT2D eigenvalue weighted by molar-refractivity contribution is 6.09. The Kier molecular flexibility index (Phi) is 5.82. The molecular weight excluding hydrogens is 486 g/mol. The molecule has 38 heavy (non-hydrogen) atoms. The lowest BCUT2D eigenvalue weighted by atomic mass is 9.74. The maximum Gasteiger partial charge on any atom is 0.259 e. The van der Waals surface area contributed by atoms with Gasteiger partial charge in [-0.3, -0.25) is 10.2 Å². The molecular formula is C27H35N7O4. The highest BCUT2D eigenvalue weighted by Crippen LogP contribution is 2.65. The van der Waals surface area contributed by atoms with Crippen LogP contribution in [0.25, 0.3) is 0 Å². The van der Waals surface area contributed by atoms with Crippen LogP contribution in [0.15, 0.2) is 24.4 Å². The minimum absolute atomic E-state index is 0.0197. The van der Waals surface area contributed by atoms with E-state index in [1.807, 2.05) is 18.2 Å². The standard InChI is InChI=1S/C27H35N7O4/c1-36-16-4-6-20-18(12-16)27(26(35)29-20)13-19(27)15-3-5-17-21(11-15)32-33-23(17)31-24-25(37-2)30-22(14-28-24)34-7-9-38-10-8-34/h4,6,12,14-15,17,19,21,23,32-33H,3,5,7-11,13H2,1-2H3,(H,28,31)(H,29,35)/t15?,17?,19-,21?,23?,27-/m0/s1. The van der Waals surface area contributed by atoms with Crippen molar-refractivity contribution in [2.75, 3.05) is 56.1 Å². The van der Waals surface area contributed by atoms with Gasteiger partial charge in [0.15, 0.2) is 11.6 Å². The first-order chi connectivity index (χ1) is 18.6. The molecule has 1 aromatic carbocycles. The number of benzene rings is 1. The second kappa shape index (κ2) is 9.25. The Balaban J connectivity index is 1.02. The average Bonchev–Trinajstić information content (AvgIpc) is 3.51. The second-order valence-corrected chi connectivity index (χ2v) is 11.1. The molecule has 2 aliphatic carbocycles. The molecule has 4 N–H and O–H groups in total. The van der Waals surface area contributed by atoms with E-state index in [0.29, 0.717) is 48.7 Å². The van der Waals surface area contributed by atoms with Gasteiger partial charge in [-0.2, -0.15) is 4.98 Å². The van der Waals surface area contributed by atoms with Crippen molar-refractivity contribution in [3.05, 3.63) is 30.0 Å². The number of hydrogen-bond donors (Lipinski definition) is 4. The molecule has 3 aliphatic heterocycles. The van der Waals surface area contributed by atoms with E-state index in [4.69, 9.17) is 19.2 Å². The number of methoxy groups -OCH3 is 2. The molecule has 11 nitrogen and oxygen atoms in total. The Bertz CT molecular complexity index is 1240. The third-order valence-electron chi connectivity index (χ3n) is 9.29. The molecule has 4 heterocycles. The molecule has 5 aliphatic rings. The number of carbonyl (C=O) groups excluding carboxylic acids is 1. The number of morpholine rings is 1. The minimum atomic E-state index is -0.393. The zero-order chi connectivity index (χ0) is 25.9. The smallest absolute Gasteiger partial charge is 0.259 e. The quantitative estimate of drug-likeness (QED) is 0.448. The number of nitrogens with zero attached hydrogens (tertiary/aromatic N) is 3. The summed E-state index contributed by atoms with van der Waals surface area (Å²) in [6.45, 7) is 2.98. The summed E-state index contributed by atoms with van der Waals surface area (Å²) < 4.78 is 16.5. The second-order valence-electron chi connectivity index (χ2n) is 11.1. The van der Waals surface area contributed by atoms with Crippen molar-refractivity contribution in [2.45, 2.75) is 43.3 Å². The molecule has 1 spiro atoms. The number of hydrazine groups is 1. The van der Waals surface area contributed by atoms with Crippen molar-refractivity contribution < 1.29 is 19.0 Å². The molecule has 2 saturated heterocycles. The van der Waals surface area contributed by atoms with Gasteiger partial charge in [-0.05, 0) is 61.3 Å². The molecule has 4 unspecified atom stereocenters. The zero-order valence-corrected chi connectivity index (χ0v) is 21.8. The maximum atomic E-state index is 13.1. The highest BCUT2D eigenvalue weighted by atomic mass is 16.5. The first kappa shape index (κ1) is 23.9. The molecule has 7 rings (SSSR count). The van der Waals surface area contributed by atoms with E-state index in [1.54, 1.807) is 20.4 Å². The van der Waals surface area contributed by atoms with E-state index in [9.17, 15) is 4.79 Å². The number of rotatable bonds is 6. The van der Waals surface area contributed by atoms with Gasteiger partial charge < -0.3 is 29.7 Å². The van der Waals surface area contributed by atoms with Crippen LogP contribution in [-0.2, 0) is 14.9 Å². The third-order valence-corrected chi connectivity index (χ3v) is 9.29. The normalized spacial score (nSPS) is 33.5. The van der Waals surface area contributed by atoms with Gasteiger partial charge in [-0.15, -0.1) is 0 Å². The summed E-state index contributed by atoms with van der Waals surface area (Å²) in [4.78, 5) is 24.7. The molecule has 0 radical (unpaired) electrons. The Hall–Kier alpha value is -3.15. The van der Waals surface area contributed by atoms with Gasteiger partial charge >= 0.3 is 0 Å². The van der Waals surface area contributed by atoms with Crippen LogP contribution in [0.5, 0.6) is 11.6 Å². The Labute approximate surface area is 222 Å². The molecule has 2 aromatic rings. The summed E-state index contributed by atoms with van der Waals surface area (Å²) in [6.07, 6.45) is 5.94. The number of anilines is 3. The van der Waals surface area contributed by atoms with E-state index in [1.165, 1.54) is 0 Å². The molecule has 2 saturated carbocycles. The van der Waals surface area contributed by atoms with Crippen LogP contribution in [0.3, 0.4) is 0 Å². The molecule has 1 aromatic heterocycles. The predicted octanol–water partition coefficient (Wildman–Crippen LogP) is 1.87. The van der Waals surface area contributed by atoms with E-state index >= 15 is 0 Å². The van der Waals surface area contributed by atoms with E-state index in [-0.39, 0.29) is 12.1 Å². The van der Waals surface area contributed by atoms with Crippen LogP contribution in [-0.4, -0.2) is 68.6 Å². The fourth-order valence-corrected chi connectivity index (χ4v) is 7.21. The summed E-state index contributed by atoms with van der Waals surface area (Å²) in [5.74, 6) is 4.15. The first-order valence-corrected chi connectivity index (χ1v) is 13.6. The number of ether oxygens (including phenoxy) is 3. The lowest BCUT2D eigenvalue weighted by Gasteiger charge is -2.34. The molecule has 1 amide bonds. The van der Waals surface area contributed by atoms with Gasteiger partial charge in [0.05, 0.1) is 45.2 Å². The van der Waals surface area contributed by atoms with Crippen LogP contribution in [0.2, 0.25) is 0 Å². The lowest BCUT2D eigenvalue weighted by Crippen LogP contribution is -2.39. The summed E-state index contributed by atoms with van der Waals surface area (Å²) in [5.41, 5.74) is 8.63. The summed E-state index contributed by atoms with van der Waals surface area (Å²) in [7, 11) is 3.30. The number of aromatic nitrogens is 2. The first-order valence-electron chi connectivity index (χ1n) is 13.6. The topological polar surface area (TPSA) is 122 Å². The maximum absolute atomic E-state index is 13.1. The number of fused-ring (bicyclic) bond motifs is 3. The number of carbonyl (C=O) groups is 1. The van der Waals surface area contributed by atoms with Crippen molar-refractivity contribution in [2.24, 2.45) is 17.8 Å². The Morgan fingerprint density at radius 2 is 2.03 bits per heavy atom. The molecule has 11 heteroatoms. The fourth-order valence-electron chi connectivity index (χ4n) is 7.21. The van der Waals surface area contributed by atoms with Gasteiger partial charge in [0.2, 0.25) is 5.91 Å². The largest absolute Gasteiger partial charge is 0.497 e. The molecule has 6 atom stereocenters.